The highest BCUT2D eigenvalue weighted by Crippen LogP contribution is 2.36. The van der Waals surface area contributed by atoms with E-state index in [1.165, 1.54) is 33.6 Å². The van der Waals surface area contributed by atoms with Crippen molar-refractivity contribution in [2.24, 2.45) is 0 Å². The normalized spacial score (nSPS) is 12.0. The van der Waals surface area contributed by atoms with Crippen LogP contribution in [0.15, 0.2) is 134 Å². The fourth-order valence-corrected chi connectivity index (χ4v) is 19.9. The van der Waals surface area contributed by atoms with Gasteiger partial charge in [-0.1, -0.05) is 174 Å². The van der Waals surface area contributed by atoms with E-state index >= 15 is 0 Å². The van der Waals surface area contributed by atoms with E-state index in [0.29, 0.717) is 5.16 Å². The standard InChI is InChI=1S/C32H36Si2/c1-4-5-10-27-32(33(2,28-19-11-6-12-20-28)29-21-13-7-14-22-29)34(3,30-23-15-8-16-24-30)31-25-17-9-18-26-31/h4,6-9,11-26,32H,1,5,10,27H2,2-3H3. The van der Waals surface area contributed by atoms with Gasteiger partial charge < -0.3 is 0 Å². The second kappa shape index (κ2) is 11.0. The zero-order valence-electron chi connectivity index (χ0n) is 20.5. The van der Waals surface area contributed by atoms with Crippen molar-refractivity contribution >= 4 is 36.9 Å². The number of allylic oxidation sites excluding steroid dienone is 1. The molecule has 0 amide bonds. The molecule has 2 heteroatoms. The topological polar surface area (TPSA) is 0 Å². The van der Waals surface area contributed by atoms with Crippen LogP contribution < -0.4 is 20.7 Å². The molecule has 0 bridgehead atoms. The molecule has 0 fully saturated rings. The van der Waals surface area contributed by atoms with E-state index in [4.69, 9.17) is 0 Å². The summed E-state index contributed by atoms with van der Waals surface area (Å²) in [6.45, 7) is 9.30. The maximum Gasteiger partial charge on any atom is 0.116 e. The van der Waals surface area contributed by atoms with Gasteiger partial charge in [0.1, 0.15) is 16.1 Å². The average Bonchev–Trinajstić information content (AvgIpc) is 2.92. The summed E-state index contributed by atoms with van der Waals surface area (Å²) in [6, 6.07) is 45.6. The van der Waals surface area contributed by atoms with Gasteiger partial charge >= 0.3 is 0 Å². The van der Waals surface area contributed by atoms with E-state index in [1.54, 1.807) is 0 Å². The number of benzene rings is 4. The molecule has 0 aliphatic heterocycles. The smallest absolute Gasteiger partial charge is 0.103 e. The average molecular weight is 477 g/mol. The third-order valence-electron chi connectivity index (χ3n) is 7.79. The van der Waals surface area contributed by atoms with Crippen LogP contribution in [0.1, 0.15) is 19.3 Å². The molecule has 4 aromatic rings. The van der Waals surface area contributed by atoms with E-state index in [-0.39, 0.29) is 0 Å². The molecule has 0 saturated heterocycles. The Morgan fingerprint density at radius 2 is 0.853 bits per heavy atom. The summed E-state index contributed by atoms with van der Waals surface area (Å²) in [7, 11) is -4.31. The van der Waals surface area contributed by atoms with Gasteiger partial charge in [-0.3, -0.25) is 0 Å². The van der Waals surface area contributed by atoms with Gasteiger partial charge in [0.05, 0.1) is 0 Å². The van der Waals surface area contributed by atoms with Gasteiger partial charge in [0, 0.05) is 0 Å². The molecule has 4 rings (SSSR count). The number of hydrogen-bond donors (Lipinski definition) is 0. The molecule has 0 nitrogen and oxygen atoms in total. The molecule has 0 aliphatic rings. The van der Waals surface area contributed by atoms with Crippen LogP contribution >= 0.6 is 0 Å². The van der Waals surface area contributed by atoms with Crippen LogP contribution in [0.2, 0.25) is 18.3 Å². The fourth-order valence-electron chi connectivity index (χ4n) is 5.90. The van der Waals surface area contributed by atoms with Gasteiger partial charge in [-0.25, -0.2) is 0 Å². The largest absolute Gasteiger partial charge is 0.116 e. The van der Waals surface area contributed by atoms with Crippen molar-refractivity contribution in [1.29, 1.82) is 0 Å². The van der Waals surface area contributed by atoms with Gasteiger partial charge in [0.15, 0.2) is 0 Å². The van der Waals surface area contributed by atoms with Crippen molar-refractivity contribution in [1.82, 2.24) is 0 Å². The Morgan fingerprint density at radius 1 is 0.559 bits per heavy atom. The van der Waals surface area contributed by atoms with Crippen molar-refractivity contribution in [3.05, 3.63) is 134 Å². The summed E-state index contributed by atoms with van der Waals surface area (Å²) in [5.74, 6) is 0. The summed E-state index contributed by atoms with van der Waals surface area (Å²) < 4.78 is 0. The van der Waals surface area contributed by atoms with Gasteiger partial charge in [0.25, 0.3) is 0 Å². The van der Waals surface area contributed by atoms with Crippen LogP contribution in [0.4, 0.5) is 0 Å². The highest BCUT2D eigenvalue weighted by atomic mass is 28.4. The van der Waals surface area contributed by atoms with Crippen molar-refractivity contribution < 1.29 is 0 Å². The molecule has 0 unspecified atom stereocenters. The first kappa shape index (κ1) is 24.2. The summed E-state index contributed by atoms with van der Waals surface area (Å²) in [5.41, 5.74) is 0. The van der Waals surface area contributed by atoms with Crippen molar-refractivity contribution in [3.8, 4) is 0 Å². The maximum atomic E-state index is 4.04. The minimum atomic E-state index is -2.15. The van der Waals surface area contributed by atoms with Crippen LogP contribution in [0.5, 0.6) is 0 Å². The van der Waals surface area contributed by atoms with Gasteiger partial charge in [-0.15, -0.1) is 6.58 Å². The number of unbranched alkanes of at least 4 members (excludes halogenated alkanes) is 1. The first-order chi connectivity index (χ1) is 16.6. The van der Waals surface area contributed by atoms with E-state index in [1.807, 2.05) is 0 Å². The Kier molecular flexibility index (Phi) is 7.82. The first-order valence-electron chi connectivity index (χ1n) is 12.4. The quantitative estimate of drug-likeness (QED) is 0.149. The minimum Gasteiger partial charge on any atom is -0.103 e. The third-order valence-corrected chi connectivity index (χ3v) is 20.7. The lowest BCUT2D eigenvalue weighted by Crippen LogP contribution is -2.72. The minimum absolute atomic E-state index is 0.592. The Morgan fingerprint density at radius 3 is 1.12 bits per heavy atom. The van der Waals surface area contributed by atoms with Crippen LogP contribution in [0, 0.1) is 0 Å². The number of hydrogen-bond acceptors (Lipinski definition) is 0. The van der Waals surface area contributed by atoms with Crippen molar-refractivity contribution in [2.45, 2.75) is 37.5 Å². The van der Waals surface area contributed by atoms with Gasteiger partial charge in [-0.05, 0) is 11.6 Å². The lowest BCUT2D eigenvalue weighted by molar-refractivity contribution is 0.771. The van der Waals surface area contributed by atoms with Gasteiger partial charge in [0.2, 0.25) is 0 Å². The third kappa shape index (κ3) is 4.66. The summed E-state index contributed by atoms with van der Waals surface area (Å²) in [5, 5.41) is 6.74. The van der Waals surface area contributed by atoms with Crippen LogP contribution in [-0.2, 0) is 0 Å². The van der Waals surface area contributed by atoms with Crippen LogP contribution in [0.3, 0.4) is 0 Å². The van der Waals surface area contributed by atoms with E-state index in [2.05, 4.69) is 147 Å². The van der Waals surface area contributed by atoms with E-state index in [0.717, 1.165) is 6.42 Å². The van der Waals surface area contributed by atoms with E-state index < -0.39 is 16.1 Å². The number of rotatable bonds is 10. The lowest BCUT2D eigenvalue weighted by atomic mass is 10.2. The molecule has 0 radical (unpaired) electrons. The highest BCUT2D eigenvalue weighted by molar-refractivity contribution is 7.18. The Hall–Kier alpha value is -2.95. The highest BCUT2D eigenvalue weighted by Gasteiger charge is 2.51. The summed E-state index contributed by atoms with van der Waals surface area (Å²) in [4.78, 5) is 0. The molecule has 0 aliphatic carbocycles. The Balaban J connectivity index is 2.02. The maximum absolute atomic E-state index is 4.04. The van der Waals surface area contributed by atoms with Crippen LogP contribution in [-0.4, -0.2) is 16.1 Å². The first-order valence-corrected chi connectivity index (χ1v) is 17.6. The molecule has 172 valence electrons. The van der Waals surface area contributed by atoms with Crippen LogP contribution in [0.25, 0.3) is 0 Å². The molecule has 4 aromatic carbocycles. The monoisotopic (exact) mass is 476 g/mol. The molecular formula is C32H36Si2. The Bertz CT molecular complexity index is 987. The molecule has 0 aromatic heterocycles. The summed E-state index contributed by atoms with van der Waals surface area (Å²) in [6.07, 6.45) is 5.55. The molecular weight excluding hydrogens is 441 g/mol. The van der Waals surface area contributed by atoms with Crippen molar-refractivity contribution in [3.63, 3.8) is 0 Å². The SMILES string of the molecule is C=CCCCC([Si](C)(c1ccccc1)c1ccccc1)[Si](C)(c1ccccc1)c1ccccc1. The fraction of sp³-hybridized carbons (Fsp3) is 0.188. The summed E-state index contributed by atoms with van der Waals surface area (Å²) >= 11 is 0. The van der Waals surface area contributed by atoms with E-state index in [9.17, 15) is 0 Å². The molecule has 0 N–H and O–H groups in total. The predicted molar refractivity (Wildman–Crippen MR) is 155 cm³/mol. The zero-order chi connectivity index (χ0) is 23.9. The lowest BCUT2D eigenvalue weighted by Gasteiger charge is -2.47. The zero-order valence-corrected chi connectivity index (χ0v) is 22.5. The molecule has 0 saturated carbocycles. The molecule has 34 heavy (non-hydrogen) atoms. The predicted octanol–water partition coefficient (Wildman–Crippen LogP) is 6.04. The molecule has 0 spiro atoms. The van der Waals surface area contributed by atoms with Crippen molar-refractivity contribution in [2.75, 3.05) is 0 Å². The second-order valence-electron chi connectivity index (χ2n) is 9.64. The Labute approximate surface area is 208 Å². The molecule has 0 atom stereocenters. The second-order valence-corrected chi connectivity index (χ2v) is 18.7. The molecule has 0 heterocycles. The van der Waals surface area contributed by atoms with Gasteiger partial charge in [-0.2, -0.15) is 0 Å².